The molecule has 0 bridgehead atoms. The second-order valence-corrected chi connectivity index (χ2v) is 5.64. The van der Waals surface area contributed by atoms with Gasteiger partial charge in [-0.05, 0) is 6.92 Å². The largest absolute Gasteiger partial charge is 0.481 e. The van der Waals surface area contributed by atoms with Crippen LogP contribution >= 0.6 is 11.8 Å². The highest BCUT2D eigenvalue weighted by Gasteiger charge is 2.31. The predicted molar refractivity (Wildman–Crippen MR) is 69.7 cm³/mol. The van der Waals surface area contributed by atoms with Crippen LogP contribution in [0.3, 0.4) is 0 Å². The first-order chi connectivity index (χ1) is 8.86. The minimum absolute atomic E-state index is 0.0508. The molecule has 19 heavy (non-hydrogen) atoms. The second kappa shape index (κ2) is 6.76. The first-order valence-corrected chi connectivity index (χ1v) is 6.89. The van der Waals surface area contributed by atoms with E-state index in [1.165, 1.54) is 23.8 Å². The Hall–Kier alpha value is -1.28. The van der Waals surface area contributed by atoms with Crippen molar-refractivity contribution in [2.45, 2.75) is 18.9 Å². The summed E-state index contributed by atoms with van der Waals surface area (Å²) in [6.07, 6.45) is -0.241. The molecule has 1 rings (SSSR count). The highest BCUT2D eigenvalue weighted by molar-refractivity contribution is 8.00. The van der Waals surface area contributed by atoms with Crippen LogP contribution in [0.2, 0.25) is 0 Å². The number of carbonyl (C=O) groups excluding carboxylic acids is 2. The Balaban J connectivity index is 2.55. The minimum atomic E-state index is -1.02. The lowest BCUT2D eigenvalue weighted by Gasteiger charge is -2.29. The van der Waals surface area contributed by atoms with Crippen molar-refractivity contribution in [1.29, 1.82) is 0 Å². The molecule has 0 aromatic carbocycles. The van der Waals surface area contributed by atoms with Gasteiger partial charge in [0, 0.05) is 7.11 Å². The Kier molecular flexibility index (Phi) is 5.61. The summed E-state index contributed by atoms with van der Waals surface area (Å²) in [7, 11) is 1.44. The number of ether oxygens (including phenoxy) is 1. The van der Waals surface area contributed by atoms with Gasteiger partial charge in [0.1, 0.15) is 6.54 Å². The molecular weight excluding hydrogens is 272 g/mol. The van der Waals surface area contributed by atoms with Crippen LogP contribution < -0.4 is 5.32 Å². The Morgan fingerprint density at radius 3 is 2.74 bits per heavy atom. The third-order valence-electron chi connectivity index (χ3n) is 2.61. The number of thioether (sulfide) groups is 1. The van der Waals surface area contributed by atoms with E-state index in [1.54, 1.807) is 6.92 Å². The third kappa shape index (κ3) is 5.07. The van der Waals surface area contributed by atoms with Gasteiger partial charge in [0.15, 0.2) is 0 Å². The maximum absolute atomic E-state index is 11.9. The predicted octanol–water partition coefficient (Wildman–Crippen LogP) is -0.485. The van der Waals surface area contributed by atoms with Gasteiger partial charge < -0.3 is 20.1 Å². The summed E-state index contributed by atoms with van der Waals surface area (Å²) >= 11 is 1.45. The van der Waals surface area contributed by atoms with Gasteiger partial charge in [-0.2, -0.15) is 0 Å². The summed E-state index contributed by atoms with van der Waals surface area (Å²) in [5.41, 5.74) is -0.979. The van der Waals surface area contributed by atoms with Gasteiger partial charge in [0.2, 0.25) is 11.8 Å². The van der Waals surface area contributed by atoms with Crippen molar-refractivity contribution in [2.24, 2.45) is 0 Å². The second-order valence-electron chi connectivity index (χ2n) is 4.68. The lowest BCUT2D eigenvalue weighted by Crippen LogP contribution is -2.53. The van der Waals surface area contributed by atoms with Crippen molar-refractivity contribution in [3.8, 4) is 0 Å². The van der Waals surface area contributed by atoms with Crippen molar-refractivity contribution < 1.29 is 24.2 Å². The van der Waals surface area contributed by atoms with E-state index in [-0.39, 0.29) is 31.4 Å². The number of carbonyl (C=O) groups is 3. The van der Waals surface area contributed by atoms with Crippen molar-refractivity contribution in [2.75, 3.05) is 31.9 Å². The molecule has 0 radical (unpaired) electrons. The number of aliphatic carboxylic acids is 1. The van der Waals surface area contributed by atoms with Crippen molar-refractivity contribution in [1.82, 2.24) is 10.2 Å². The van der Waals surface area contributed by atoms with Gasteiger partial charge in [0.05, 0.1) is 30.2 Å². The average molecular weight is 290 g/mol. The summed E-state index contributed by atoms with van der Waals surface area (Å²) < 4.78 is 4.94. The van der Waals surface area contributed by atoms with Crippen molar-refractivity contribution >= 4 is 29.5 Å². The molecule has 7 nitrogen and oxygen atoms in total. The van der Waals surface area contributed by atoms with E-state index in [1.807, 2.05) is 0 Å². The third-order valence-corrected chi connectivity index (χ3v) is 3.55. The number of carboxylic acid groups (broad SMARTS) is 1. The van der Waals surface area contributed by atoms with Crippen LogP contribution in [0.25, 0.3) is 0 Å². The van der Waals surface area contributed by atoms with Gasteiger partial charge in [-0.15, -0.1) is 11.8 Å². The topological polar surface area (TPSA) is 95.9 Å². The molecule has 1 saturated heterocycles. The SMILES string of the molecule is COCC(C)(CC(=O)O)NC(=O)CN1CSCC1=O. The maximum Gasteiger partial charge on any atom is 0.305 e. The molecular formula is C11H18N2O5S. The zero-order chi connectivity index (χ0) is 14.5. The van der Waals surface area contributed by atoms with Crippen LogP contribution in [0.1, 0.15) is 13.3 Å². The van der Waals surface area contributed by atoms with Gasteiger partial charge in [-0.3, -0.25) is 14.4 Å². The van der Waals surface area contributed by atoms with Crippen LogP contribution in [0.15, 0.2) is 0 Å². The van der Waals surface area contributed by atoms with Crippen LogP contribution in [-0.4, -0.2) is 65.2 Å². The van der Waals surface area contributed by atoms with Gasteiger partial charge in [0.25, 0.3) is 0 Å². The zero-order valence-corrected chi connectivity index (χ0v) is 11.8. The molecule has 108 valence electrons. The lowest BCUT2D eigenvalue weighted by molar-refractivity contribution is -0.140. The van der Waals surface area contributed by atoms with E-state index in [0.717, 1.165) is 0 Å². The average Bonchev–Trinajstić information content (AvgIpc) is 2.62. The molecule has 1 aliphatic rings. The normalized spacial score (nSPS) is 18.2. The maximum atomic E-state index is 11.9. The number of hydrogen-bond acceptors (Lipinski definition) is 5. The Morgan fingerprint density at radius 2 is 2.26 bits per heavy atom. The Labute approximate surface area is 115 Å². The molecule has 1 fully saturated rings. The fraction of sp³-hybridized carbons (Fsp3) is 0.727. The fourth-order valence-corrected chi connectivity index (χ4v) is 2.78. The summed E-state index contributed by atoms with van der Waals surface area (Å²) in [6.45, 7) is 1.64. The van der Waals surface area contributed by atoms with Crippen molar-refractivity contribution in [3.05, 3.63) is 0 Å². The standard InChI is InChI=1S/C11H18N2O5S/c1-11(6-18-2,3-10(16)17)12-8(14)4-13-7-19-5-9(13)15/h3-7H2,1-2H3,(H,12,14)(H,16,17). The number of methoxy groups -OCH3 is 1. The molecule has 2 N–H and O–H groups in total. The highest BCUT2D eigenvalue weighted by atomic mass is 32.2. The van der Waals surface area contributed by atoms with Gasteiger partial charge in [-0.25, -0.2) is 0 Å². The summed E-state index contributed by atoms with van der Waals surface area (Å²) in [5, 5.41) is 11.5. The van der Waals surface area contributed by atoms with E-state index in [9.17, 15) is 14.4 Å². The molecule has 1 aliphatic heterocycles. The molecule has 8 heteroatoms. The number of amides is 2. The van der Waals surface area contributed by atoms with Gasteiger partial charge in [-0.1, -0.05) is 0 Å². The fourth-order valence-electron chi connectivity index (χ4n) is 1.87. The van der Waals surface area contributed by atoms with Crippen LogP contribution in [0, 0.1) is 0 Å². The molecule has 0 saturated carbocycles. The number of hydrogen-bond donors (Lipinski definition) is 2. The summed E-state index contributed by atoms with van der Waals surface area (Å²) in [4.78, 5) is 35.5. The first-order valence-electron chi connectivity index (χ1n) is 5.73. The zero-order valence-electron chi connectivity index (χ0n) is 11.0. The number of nitrogens with one attached hydrogen (secondary N) is 1. The quantitative estimate of drug-likeness (QED) is 0.657. The number of rotatable bonds is 7. The van der Waals surface area contributed by atoms with Crippen LogP contribution in [0.4, 0.5) is 0 Å². The molecule has 1 heterocycles. The number of carboxylic acids is 1. The van der Waals surface area contributed by atoms with E-state index in [4.69, 9.17) is 9.84 Å². The van der Waals surface area contributed by atoms with E-state index in [2.05, 4.69) is 5.32 Å². The summed E-state index contributed by atoms with van der Waals surface area (Å²) in [6, 6.07) is 0. The highest BCUT2D eigenvalue weighted by Crippen LogP contribution is 2.15. The molecule has 0 aliphatic carbocycles. The monoisotopic (exact) mass is 290 g/mol. The molecule has 0 aromatic heterocycles. The van der Waals surface area contributed by atoms with E-state index in [0.29, 0.717) is 11.6 Å². The lowest BCUT2D eigenvalue weighted by atomic mass is 9.99. The number of nitrogens with zero attached hydrogens (tertiary/aromatic N) is 1. The molecule has 1 atom stereocenters. The van der Waals surface area contributed by atoms with Crippen LogP contribution in [-0.2, 0) is 19.1 Å². The Morgan fingerprint density at radius 1 is 1.58 bits per heavy atom. The smallest absolute Gasteiger partial charge is 0.305 e. The van der Waals surface area contributed by atoms with Gasteiger partial charge >= 0.3 is 5.97 Å². The molecule has 1 unspecified atom stereocenters. The molecule has 0 spiro atoms. The van der Waals surface area contributed by atoms with Crippen LogP contribution in [0.5, 0.6) is 0 Å². The minimum Gasteiger partial charge on any atom is -0.481 e. The van der Waals surface area contributed by atoms with Crippen molar-refractivity contribution in [3.63, 3.8) is 0 Å². The molecule has 2 amide bonds. The van der Waals surface area contributed by atoms with E-state index >= 15 is 0 Å². The summed E-state index contributed by atoms with van der Waals surface area (Å²) in [5.74, 6) is -0.597. The molecule has 0 aromatic rings. The van der Waals surface area contributed by atoms with E-state index < -0.39 is 11.5 Å². The Bertz CT molecular complexity index is 376. The first kappa shape index (κ1) is 15.8.